The molecule has 0 aromatic rings. The molecule has 1 aliphatic heterocycles. The molecule has 2 aliphatic carbocycles. The normalized spacial score (nSPS) is 32.3. The zero-order chi connectivity index (χ0) is 43.9. The van der Waals surface area contributed by atoms with Crippen molar-refractivity contribution in [2.45, 2.75) is 183 Å². The zero-order valence-corrected chi connectivity index (χ0v) is 36.5. The van der Waals surface area contributed by atoms with E-state index < -0.39 is 89.3 Å². The number of carbonyl (C=O) groups excluding carboxylic acids is 5. The standard InChI is InChI=1S/C44H68O14/c1-24(13-16-31(54-28(5)46)21-26(3)33(55-29(6)47)22-32-25(2)15-18-36(49)42(32,8)9)14-17-35-43(10,11)37(19-20-44(35,12)58-30(7)48)57-41-40(52)39(51)38(50)34(56-41)23-53-27(4)45/h13,15,21,31-35,37-41,50-52H,14,16-20,22-23H2,1-12H3. The number of aliphatic hydroxyl groups is 3. The lowest BCUT2D eigenvalue weighted by Crippen LogP contribution is -2.62. The lowest BCUT2D eigenvalue weighted by Gasteiger charge is -2.54. The molecule has 14 heteroatoms. The second-order valence-electron chi connectivity index (χ2n) is 17.8. The Morgan fingerprint density at radius 3 is 2.12 bits per heavy atom. The molecule has 11 unspecified atom stereocenters. The molecule has 14 nitrogen and oxygen atoms in total. The van der Waals surface area contributed by atoms with Gasteiger partial charge in [0.25, 0.3) is 0 Å². The van der Waals surface area contributed by atoms with Crippen LogP contribution < -0.4 is 0 Å². The van der Waals surface area contributed by atoms with Crippen molar-refractivity contribution in [1.29, 1.82) is 0 Å². The molecular formula is C44H68O14. The number of Topliss-reactive ketones (excluding diaryl/α,β-unsaturated/α-hetero) is 1. The second-order valence-corrected chi connectivity index (χ2v) is 17.8. The average molecular weight is 821 g/mol. The highest BCUT2D eigenvalue weighted by Crippen LogP contribution is 2.52. The Kier molecular flexibility index (Phi) is 17.1. The number of ether oxygens (including phenoxy) is 6. The topological polar surface area (TPSA) is 201 Å². The highest BCUT2D eigenvalue weighted by atomic mass is 16.7. The number of esters is 4. The van der Waals surface area contributed by atoms with Crippen LogP contribution in [0, 0.1) is 22.7 Å². The predicted molar refractivity (Wildman–Crippen MR) is 213 cm³/mol. The number of rotatable bonds is 16. The Balaban J connectivity index is 1.83. The SMILES string of the molecule is CC(=O)OCC1OC(OC2CCC(C)(OC(C)=O)C(CCC(C)=CCC(C=C(C)C(CC3C(C)=CCC(=O)C3(C)C)OC(C)=O)OC(C)=O)C2(C)C)C(O)C(O)C1O. The first-order chi connectivity index (χ1) is 26.8. The molecule has 58 heavy (non-hydrogen) atoms. The first kappa shape index (κ1) is 48.9. The molecule has 0 bridgehead atoms. The molecular weight excluding hydrogens is 752 g/mol. The van der Waals surface area contributed by atoms with Gasteiger partial charge in [0.05, 0.1) is 6.10 Å². The fourth-order valence-electron chi connectivity index (χ4n) is 9.07. The van der Waals surface area contributed by atoms with Gasteiger partial charge >= 0.3 is 23.9 Å². The van der Waals surface area contributed by atoms with Crippen LogP contribution >= 0.6 is 0 Å². The van der Waals surface area contributed by atoms with Gasteiger partial charge in [-0.05, 0) is 82.8 Å². The van der Waals surface area contributed by atoms with Crippen LogP contribution in [0.3, 0.4) is 0 Å². The van der Waals surface area contributed by atoms with Crippen molar-refractivity contribution in [3.8, 4) is 0 Å². The quantitative estimate of drug-likeness (QED) is 0.102. The number of aliphatic hydroxyl groups excluding tert-OH is 3. The van der Waals surface area contributed by atoms with Crippen molar-refractivity contribution in [3.63, 3.8) is 0 Å². The van der Waals surface area contributed by atoms with E-state index in [9.17, 15) is 39.3 Å². The van der Waals surface area contributed by atoms with Crippen molar-refractivity contribution >= 4 is 29.7 Å². The van der Waals surface area contributed by atoms with Crippen LogP contribution in [0.1, 0.15) is 128 Å². The molecule has 0 spiro atoms. The first-order valence-corrected chi connectivity index (χ1v) is 20.4. The van der Waals surface area contributed by atoms with Crippen LogP contribution in [0.25, 0.3) is 0 Å². The van der Waals surface area contributed by atoms with Crippen LogP contribution in [-0.4, -0.2) is 106 Å². The monoisotopic (exact) mass is 820 g/mol. The molecule has 3 rings (SSSR count). The van der Waals surface area contributed by atoms with Gasteiger partial charge < -0.3 is 43.7 Å². The molecule has 2 fully saturated rings. The lowest BCUT2D eigenvalue weighted by molar-refractivity contribution is -0.328. The number of allylic oxidation sites excluding steroid dienone is 3. The Labute approximate surface area is 343 Å². The maximum absolute atomic E-state index is 12.8. The van der Waals surface area contributed by atoms with Gasteiger partial charge in [-0.25, -0.2) is 0 Å². The fraction of sp³-hybridized carbons (Fsp3) is 0.750. The zero-order valence-electron chi connectivity index (χ0n) is 36.5. The second kappa shape index (κ2) is 20.2. The summed E-state index contributed by atoms with van der Waals surface area (Å²) in [7, 11) is 0. The molecule has 1 heterocycles. The predicted octanol–water partition coefficient (Wildman–Crippen LogP) is 5.38. The van der Waals surface area contributed by atoms with Crippen molar-refractivity contribution in [2.75, 3.05) is 6.61 Å². The van der Waals surface area contributed by atoms with E-state index >= 15 is 0 Å². The number of ketones is 1. The van der Waals surface area contributed by atoms with E-state index in [4.69, 9.17) is 28.4 Å². The Bertz CT molecular complexity index is 1590. The third-order valence-corrected chi connectivity index (χ3v) is 12.5. The third-order valence-electron chi connectivity index (χ3n) is 12.5. The van der Waals surface area contributed by atoms with Crippen LogP contribution in [-0.2, 0) is 52.4 Å². The number of hydrogen-bond acceptors (Lipinski definition) is 14. The summed E-state index contributed by atoms with van der Waals surface area (Å²) in [4.78, 5) is 61.2. The van der Waals surface area contributed by atoms with Gasteiger partial charge in [0.15, 0.2) is 6.29 Å². The van der Waals surface area contributed by atoms with Crippen molar-refractivity contribution in [2.24, 2.45) is 22.7 Å². The minimum atomic E-state index is -1.61. The van der Waals surface area contributed by atoms with Crippen LogP contribution in [0.2, 0.25) is 0 Å². The minimum absolute atomic E-state index is 0.126. The van der Waals surface area contributed by atoms with E-state index in [1.165, 1.54) is 27.7 Å². The summed E-state index contributed by atoms with van der Waals surface area (Å²) in [6.45, 7) is 20.4. The minimum Gasteiger partial charge on any atom is -0.463 e. The maximum Gasteiger partial charge on any atom is 0.303 e. The summed E-state index contributed by atoms with van der Waals surface area (Å²) in [5.41, 5.74) is 0.582. The van der Waals surface area contributed by atoms with Crippen LogP contribution in [0.5, 0.6) is 0 Å². The van der Waals surface area contributed by atoms with E-state index in [-0.39, 0.29) is 24.2 Å². The van der Waals surface area contributed by atoms with Crippen LogP contribution in [0.15, 0.2) is 34.9 Å². The molecule has 0 aromatic heterocycles. The highest BCUT2D eigenvalue weighted by molar-refractivity contribution is 5.87. The van der Waals surface area contributed by atoms with E-state index in [0.29, 0.717) is 50.5 Å². The summed E-state index contributed by atoms with van der Waals surface area (Å²) < 4.78 is 34.7. The van der Waals surface area contributed by atoms with Gasteiger partial charge in [0, 0.05) is 51.9 Å². The van der Waals surface area contributed by atoms with Gasteiger partial charge in [-0.2, -0.15) is 0 Å². The smallest absolute Gasteiger partial charge is 0.303 e. The Hall–Kier alpha value is -3.43. The van der Waals surface area contributed by atoms with Gasteiger partial charge in [-0.15, -0.1) is 0 Å². The molecule has 1 saturated heterocycles. The Morgan fingerprint density at radius 2 is 1.53 bits per heavy atom. The molecule has 11 atom stereocenters. The summed E-state index contributed by atoms with van der Waals surface area (Å²) in [6, 6.07) is 0. The van der Waals surface area contributed by atoms with E-state index in [0.717, 1.165) is 11.1 Å². The first-order valence-electron chi connectivity index (χ1n) is 20.4. The number of carbonyl (C=O) groups is 5. The summed E-state index contributed by atoms with van der Waals surface area (Å²) in [6.07, 6.45) is -0.191. The maximum atomic E-state index is 12.8. The van der Waals surface area contributed by atoms with Crippen LogP contribution in [0.4, 0.5) is 0 Å². The molecule has 0 aromatic carbocycles. The molecule has 0 amide bonds. The molecule has 1 saturated carbocycles. The summed E-state index contributed by atoms with van der Waals surface area (Å²) in [5.74, 6) is -2.23. The Morgan fingerprint density at radius 1 is 0.897 bits per heavy atom. The van der Waals surface area contributed by atoms with Crippen molar-refractivity contribution in [3.05, 3.63) is 34.9 Å². The lowest BCUT2D eigenvalue weighted by atomic mass is 9.58. The van der Waals surface area contributed by atoms with Gasteiger partial charge in [-0.1, -0.05) is 51.0 Å². The van der Waals surface area contributed by atoms with Gasteiger partial charge in [-0.3, -0.25) is 24.0 Å². The third kappa shape index (κ3) is 12.5. The average Bonchev–Trinajstić information content (AvgIpc) is 3.10. The fourth-order valence-corrected chi connectivity index (χ4v) is 9.07. The van der Waals surface area contributed by atoms with E-state index in [1.807, 2.05) is 67.5 Å². The highest BCUT2D eigenvalue weighted by Gasteiger charge is 2.55. The van der Waals surface area contributed by atoms with Gasteiger partial charge in [0.2, 0.25) is 0 Å². The van der Waals surface area contributed by atoms with Crippen molar-refractivity contribution in [1.82, 2.24) is 0 Å². The van der Waals surface area contributed by atoms with Gasteiger partial charge in [0.1, 0.15) is 54.6 Å². The number of hydrogen-bond donors (Lipinski definition) is 3. The largest absolute Gasteiger partial charge is 0.463 e. The molecule has 0 radical (unpaired) electrons. The van der Waals surface area contributed by atoms with E-state index in [2.05, 4.69) is 0 Å². The van der Waals surface area contributed by atoms with Crippen molar-refractivity contribution < 1.29 is 67.7 Å². The van der Waals surface area contributed by atoms with E-state index in [1.54, 1.807) is 6.08 Å². The summed E-state index contributed by atoms with van der Waals surface area (Å²) in [5, 5.41) is 31.9. The molecule has 3 N–H and O–H groups in total. The molecule has 328 valence electrons. The summed E-state index contributed by atoms with van der Waals surface area (Å²) >= 11 is 0. The molecule has 3 aliphatic rings.